The predicted octanol–water partition coefficient (Wildman–Crippen LogP) is 4.76. The Bertz CT molecular complexity index is 846. The highest BCUT2D eigenvalue weighted by atomic mass is 32.2. The lowest BCUT2D eigenvalue weighted by Crippen LogP contribution is -2.34. The highest BCUT2D eigenvalue weighted by molar-refractivity contribution is 7.85. The van der Waals surface area contributed by atoms with Gasteiger partial charge in [0.25, 0.3) is 0 Å². The van der Waals surface area contributed by atoms with Crippen LogP contribution in [-0.2, 0) is 21.1 Å². The summed E-state index contributed by atoms with van der Waals surface area (Å²) in [5, 5.41) is 2.71. The lowest BCUT2D eigenvalue weighted by molar-refractivity contribution is 0.0420. The first-order valence-corrected chi connectivity index (χ1v) is 10.4. The van der Waals surface area contributed by atoms with Crippen LogP contribution in [0, 0.1) is 6.92 Å². The number of fused-ring (bicyclic) bond motifs is 1. The van der Waals surface area contributed by atoms with Gasteiger partial charge in [0.05, 0.1) is 23.1 Å². The first kappa shape index (κ1) is 19.4. The normalized spacial score (nSPS) is 16.0. The predicted molar refractivity (Wildman–Crippen MR) is 107 cm³/mol. The van der Waals surface area contributed by atoms with Gasteiger partial charge < -0.3 is 9.47 Å². The Balaban J connectivity index is 1.47. The van der Waals surface area contributed by atoms with Crippen molar-refractivity contribution < 1.29 is 18.5 Å². The van der Waals surface area contributed by atoms with Crippen molar-refractivity contribution in [2.75, 3.05) is 17.7 Å². The van der Waals surface area contributed by atoms with E-state index in [-0.39, 0.29) is 0 Å². The zero-order chi connectivity index (χ0) is 19.4. The van der Waals surface area contributed by atoms with Gasteiger partial charge in [0.1, 0.15) is 11.4 Å². The van der Waals surface area contributed by atoms with Gasteiger partial charge in [-0.2, -0.15) is 0 Å². The summed E-state index contributed by atoms with van der Waals surface area (Å²) < 4.78 is 23.3. The fourth-order valence-corrected chi connectivity index (χ4v) is 4.14. The molecule has 0 saturated heterocycles. The SMILES string of the molecule is Cc1ccc(S(=O)CCCCOc2ccc3c(c2)NC(=O)OC3(C)C)cc1. The van der Waals surface area contributed by atoms with Crippen LogP contribution in [0.5, 0.6) is 5.75 Å². The summed E-state index contributed by atoms with van der Waals surface area (Å²) in [6.45, 7) is 6.28. The van der Waals surface area contributed by atoms with Crippen LogP contribution in [0.1, 0.15) is 37.8 Å². The number of carbonyl (C=O) groups excluding carboxylic acids is 1. The van der Waals surface area contributed by atoms with Crippen LogP contribution in [-0.4, -0.2) is 22.7 Å². The average molecular weight is 388 g/mol. The molecule has 6 heteroatoms. The second kappa shape index (κ2) is 8.13. The standard InChI is InChI=1S/C21H25NO4S/c1-15-6-9-17(10-7-15)27(24)13-5-4-12-25-16-8-11-18-19(14-16)22-20(23)26-21(18,2)3/h6-11,14H,4-5,12-13H2,1-3H3,(H,22,23). The topological polar surface area (TPSA) is 64.6 Å². The molecule has 1 aliphatic rings. The van der Waals surface area contributed by atoms with Crippen molar-refractivity contribution in [3.63, 3.8) is 0 Å². The van der Waals surface area contributed by atoms with Crippen LogP contribution in [0.2, 0.25) is 0 Å². The molecule has 1 unspecified atom stereocenters. The minimum Gasteiger partial charge on any atom is -0.494 e. The van der Waals surface area contributed by atoms with Crippen LogP contribution in [0.15, 0.2) is 47.4 Å². The summed E-state index contributed by atoms with van der Waals surface area (Å²) >= 11 is 0. The summed E-state index contributed by atoms with van der Waals surface area (Å²) in [6.07, 6.45) is 1.18. The van der Waals surface area contributed by atoms with Crippen molar-refractivity contribution in [2.45, 2.75) is 44.1 Å². The zero-order valence-corrected chi connectivity index (χ0v) is 16.7. The van der Waals surface area contributed by atoms with E-state index < -0.39 is 22.5 Å². The fraction of sp³-hybridized carbons (Fsp3) is 0.381. The fourth-order valence-electron chi connectivity index (χ4n) is 3.00. The Morgan fingerprint density at radius 2 is 1.85 bits per heavy atom. The number of hydrogen-bond acceptors (Lipinski definition) is 4. The van der Waals surface area contributed by atoms with Gasteiger partial charge in [0.15, 0.2) is 0 Å². The quantitative estimate of drug-likeness (QED) is 0.696. The molecule has 3 rings (SSSR count). The van der Waals surface area contributed by atoms with Gasteiger partial charge in [0, 0.05) is 22.3 Å². The van der Waals surface area contributed by atoms with Gasteiger partial charge in [-0.3, -0.25) is 9.53 Å². The van der Waals surface area contributed by atoms with Crippen molar-refractivity contribution in [3.05, 3.63) is 53.6 Å². The molecule has 27 heavy (non-hydrogen) atoms. The molecule has 0 fully saturated rings. The van der Waals surface area contributed by atoms with Crippen molar-refractivity contribution in [2.24, 2.45) is 0 Å². The maximum atomic E-state index is 12.3. The van der Waals surface area contributed by atoms with Crippen molar-refractivity contribution in [1.82, 2.24) is 0 Å². The number of cyclic esters (lactones) is 1. The summed E-state index contributed by atoms with van der Waals surface area (Å²) in [4.78, 5) is 12.5. The maximum Gasteiger partial charge on any atom is 0.412 e. The second-order valence-corrected chi connectivity index (χ2v) is 8.72. The largest absolute Gasteiger partial charge is 0.494 e. The number of aryl methyl sites for hydroxylation is 1. The van der Waals surface area contributed by atoms with Gasteiger partial charge in [-0.25, -0.2) is 4.79 Å². The maximum absolute atomic E-state index is 12.3. The van der Waals surface area contributed by atoms with Gasteiger partial charge in [-0.15, -0.1) is 0 Å². The number of anilines is 1. The minimum absolute atomic E-state index is 0.455. The molecule has 0 aromatic heterocycles. The smallest absolute Gasteiger partial charge is 0.412 e. The second-order valence-electron chi connectivity index (χ2n) is 7.15. The van der Waals surface area contributed by atoms with E-state index in [4.69, 9.17) is 9.47 Å². The first-order chi connectivity index (χ1) is 12.8. The number of hydrogen-bond donors (Lipinski definition) is 1. The first-order valence-electron chi connectivity index (χ1n) is 9.07. The highest BCUT2D eigenvalue weighted by Gasteiger charge is 2.33. The van der Waals surface area contributed by atoms with E-state index in [0.29, 0.717) is 23.8 Å². The molecule has 0 bridgehead atoms. The monoisotopic (exact) mass is 387 g/mol. The molecule has 1 N–H and O–H groups in total. The van der Waals surface area contributed by atoms with E-state index in [0.717, 1.165) is 23.3 Å². The van der Waals surface area contributed by atoms with E-state index in [9.17, 15) is 9.00 Å². The molecule has 1 heterocycles. The highest BCUT2D eigenvalue weighted by Crippen LogP contribution is 2.37. The van der Waals surface area contributed by atoms with Crippen LogP contribution >= 0.6 is 0 Å². The molecule has 0 radical (unpaired) electrons. The number of benzene rings is 2. The Hall–Kier alpha value is -2.34. The summed E-state index contributed by atoms with van der Waals surface area (Å²) in [5.41, 5.74) is 2.15. The van der Waals surface area contributed by atoms with E-state index in [2.05, 4.69) is 5.32 Å². The molecular weight excluding hydrogens is 362 g/mol. The van der Waals surface area contributed by atoms with Gasteiger partial charge >= 0.3 is 6.09 Å². The Morgan fingerprint density at radius 3 is 2.59 bits per heavy atom. The molecule has 5 nitrogen and oxygen atoms in total. The van der Waals surface area contributed by atoms with Crippen molar-refractivity contribution in [1.29, 1.82) is 0 Å². The molecule has 0 spiro atoms. The molecule has 0 saturated carbocycles. The Morgan fingerprint density at radius 1 is 1.11 bits per heavy atom. The van der Waals surface area contributed by atoms with Gasteiger partial charge in [0.2, 0.25) is 0 Å². The van der Waals surface area contributed by atoms with Crippen LogP contribution in [0.4, 0.5) is 10.5 Å². The third-order valence-corrected chi connectivity index (χ3v) is 5.96. The lowest BCUT2D eigenvalue weighted by atomic mass is 9.95. The number of unbranched alkanes of at least 4 members (excludes halogenated alkanes) is 1. The molecule has 0 aliphatic carbocycles. The summed E-state index contributed by atoms with van der Waals surface area (Å²) in [7, 11) is -0.971. The number of carbonyl (C=O) groups is 1. The lowest BCUT2D eigenvalue weighted by Gasteiger charge is -2.32. The van der Waals surface area contributed by atoms with E-state index in [1.165, 1.54) is 5.56 Å². The number of nitrogens with one attached hydrogen (secondary N) is 1. The molecule has 1 amide bonds. The van der Waals surface area contributed by atoms with E-state index >= 15 is 0 Å². The Labute approximate surface area is 162 Å². The molecule has 2 aromatic carbocycles. The van der Waals surface area contributed by atoms with Crippen LogP contribution in [0.3, 0.4) is 0 Å². The van der Waals surface area contributed by atoms with Crippen LogP contribution in [0.25, 0.3) is 0 Å². The molecule has 1 aliphatic heterocycles. The summed E-state index contributed by atoms with van der Waals surface area (Å²) in [6, 6.07) is 13.4. The number of ether oxygens (including phenoxy) is 2. The molecule has 144 valence electrons. The number of rotatable bonds is 7. The third-order valence-electron chi connectivity index (χ3n) is 4.50. The molecular formula is C21H25NO4S. The average Bonchev–Trinajstić information content (AvgIpc) is 2.60. The number of amides is 1. The van der Waals surface area contributed by atoms with E-state index in [1.807, 2.05) is 63.2 Å². The summed E-state index contributed by atoms with van der Waals surface area (Å²) in [5.74, 6) is 1.32. The molecule has 1 atom stereocenters. The molecule has 2 aromatic rings. The van der Waals surface area contributed by atoms with Crippen molar-refractivity contribution >= 4 is 22.6 Å². The van der Waals surface area contributed by atoms with Gasteiger partial charge in [-0.05, 0) is 57.9 Å². The minimum atomic E-state index is -0.971. The van der Waals surface area contributed by atoms with Gasteiger partial charge in [-0.1, -0.05) is 17.7 Å². The third kappa shape index (κ3) is 4.89. The van der Waals surface area contributed by atoms with Crippen molar-refractivity contribution in [3.8, 4) is 5.75 Å². The van der Waals surface area contributed by atoms with E-state index in [1.54, 1.807) is 0 Å². The Kier molecular flexibility index (Phi) is 5.85. The van der Waals surface area contributed by atoms with Crippen LogP contribution < -0.4 is 10.1 Å². The zero-order valence-electron chi connectivity index (χ0n) is 15.9.